The Morgan fingerprint density at radius 1 is 1.23 bits per heavy atom. The van der Waals surface area contributed by atoms with Crippen LogP contribution in [0, 0.1) is 0 Å². The van der Waals surface area contributed by atoms with E-state index in [0.29, 0.717) is 29.3 Å². The second-order valence-electron chi connectivity index (χ2n) is 9.36. The van der Waals surface area contributed by atoms with Gasteiger partial charge in [-0.1, -0.05) is 38.1 Å². The van der Waals surface area contributed by atoms with Crippen LogP contribution in [-0.2, 0) is 12.0 Å². The first kappa shape index (κ1) is 22.7. The van der Waals surface area contributed by atoms with Crippen LogP contribution in [0.5, 0.6) is 0 Å². The predicted molar refractivity (Wildman–Crippen MR) is 130 cm³/mol. The maximum atomic E-state index is 12.8. The molecule has 0 unspecified atom stereocenters. The number of aliphatic hydroxyl groups excluding tert-OH is 1. The Hall–Kier alpha value is -4.09. The van der Waals surface area contributed by atoms with E-state index in [9.17, 15) is 9.90 Å². The normalized spacial score (nSPS) is 14.0. The van der Waals surface area contributed by atoms with Crippen molar-refractivity contribution >= 4 is 28.3 Å². The van der Waals surface area contributed by atoms with Gasteiger partial charge in [-0.3, -0.25) is 4.79 Å². The molecular weight excluding hydrogens is 448 g/mol. The highest BCUT2D eigenvalue weighted by Gasteiger charge is 2.25. The molecule has 0 bridgehead atoms. The van der Waals surface area contributed by atoms with Gasteiger partial charge in [0.15, 0.2) is 5.65 Å². The number of rotatable bonds is 5. The Morgan fingerprint density at radius 3 is 2.74 bits per heavy atom. The zero-order chi connectivity index (χ0) is 24.7. The van der Waals surface area contributed by atoms with Crippen molar-refractivity contribution in [1.29, 1.82) is 0 Å². The Labute approximate surface area is 201 Å². The summed E-state index contributed by atoms with van der Waals surface area (Å²) in [5.74, 6) is 0.493. The molecule has 3 aromatic heterocycles. The molecule has 0 aliphatic carbocycles. The highest BCUT2D eigenvalue weighted by molar-refractivity contribution is 6.03. The zero-order valence-electron chi connectivity index (χ0n) is 19.9. The largest absolute Gasteiger partial charge is 0.392 e. The third kappa shape index (κ3) is 4.27. The van der Waals surface area contributed by atoms with Gasteiger partial charge in [-0.2, -0.15) is 4.98 Å². The van der Waals surface area contributed by atoms with Crippen molar-refractivity contribution in [3.63, 3.8) is 0 Å². The molecule has 0 radical (unpaired) electrons. The fourth-order valence-corrected chi connectivity index (χ4v) is 3.89. The molecule has 4 N–H and O–H groups in total. The lowest BCUT2D eigenvalue weighted by Gasteiger charge is -2.14. The van der Waals surface area contributed by atoms with E-state index in [-0.39, 0.29) is 17.8 Å². The van der Waals surface area contributed by atoms with Gasteiger partial charge in [0.05, 0.1) is 12.1 Å². The van der Waals surface area contributed by atoms with E-state index >= 15 is 0 Å². The quantitative estimate of drug-likeness (QED) is 0.343. The summed E-state index contributed by atoms with van der Waals surface area (Å²) >= 11 is 0. The average Bonchev–Trinajstić information content (AvgIpc) is 3.57. The van der Waals surface area contributed by atoms with Crippen molar-refractivity contribution in [3.05, 3.63) is 59.8 Å². The highest BCUT2D eigenvalue weighted by atomic mass is 16.5. The molecule has 4 aromatic rings. The third-order valence-corrected chi connectivity index (χ3v) is 5.71. The molecule has 180 valence electrons. The minimum Gasteiger partial charge on any atom is -0.392 e. The lowest BCUT2D eigenvalue weighted by atomic mass is 9.97. The Kier molecular flexibility index (Phi) is 5.58. The number of aliphatic hydroxyl groups is 1. The molecule has 11 heteroatoms. The van der Waals surface area contributed by atoms with Gasteiger partial charge in [0.1, 0.15) is 5.82 Å². The van der Waals surface area contributed by atoms with Crippen molar-refractivity contribution in [2.45, 2.75) is 32.8 Å². The van der Waals surface area contributed by atoms with E-state index in [1.165, 1.54) is 0 Å². The van der Waals surface area contributed by atoms with Gasteiger partial charge in [-0.25, -0.2) is 15.4 Å². The number of nitrogens with zero attached hydrogens (tertiary/aromatic N) is 5. The summed E-state index contributed by atoms with van der Waals surface area (Å²) < 4.78 is 5.24. The molecule has 4 heterocycles. The summed E-state index contributed by atoms with van der Waals surface area (Å²) in [6, 6.07) is 7.27. The Morgan fingerprint density at radius 2 is 2.06 bits per heavy atom. The van der Waals surface area contributed by atoms with Gasteiger partial charge < -0.3 is 24.9 Å². The fourth-order valence-electron chi connectivity index (χ4n) is 3.89. The number of amides is 1. The van der Waals surface area contributed by atoms with Gasteiger partial charge in [-0.15, -0.1) is 0 Å². The summed E-state index contributed by atoms with van der Waals surface area (Å²) in [6.45, 7) is 6.12. The number of hydrogen-bond donors (Lipinski definition) is 4. The van der Waals surface area contributed by atoms with E-state index in [1.807, 2.05) is 57.2 Å². The molecular formula is C24H26N8O3. The van der Waals surface area contributed by atoms with Gasteiger partial charge in [0.25, 0.3) is 11.7 Å². The minimum absolute atomic E-state index is 0.0721. The van der Waals surface area contributed by atoms with E-state index in [0.717, 1.165) is 28.0 Å². The Bertz CT molecular complexity index is 1450. The maximum Gasteiger partial charge on any atom is 0.297 e. The molecule has 1 aromatic carbocycles. The number of fused-ring (bicyclic) bond motifs is 1. The molecule has 0 spiro atoms. The van der Waals surface area contributed by atoms with Gasteiger partial charge in [0, 0.05) is 53.8 Å². The van der Waals surface area contributed by atoms with Crippen molar-refractivity contribution in [3.8, 4) is 11.1 Å². The molecule has 0 saturated heterocycles. The topological polar surface area (TPSA) is 145 Å². The van der Waals surface area contributed by atoms with Gasteiger partial charge in [-0.05, 0) is 17.7 Å². The molecule has 5 rings (SSSR count). The second-order valence-corrected chi connectivity index (χ2v) is 9.36. The first-order chi connectivity index (χ1) is 16.7. The lowest BCUT2D eigenvalue weighted by molar-refractivity contribution is 0.101. The van der Waals surface area contributed by atoms with Crippen LogP contribution in [0.25, 0.3) is 27.9 Å². The third-order valence-electron chi connectivity index (χ3n) is 5.71. The lowest BCUT2D eigenvalue weighted by Crippen LogP contribution is -2.23. The van der Waals surface area contributed by atoms with Crippen molar-refractivity contribution in [1.82, 2.24) is 35.5 Å². The summed E-state index contributed by atoms with van der Waals surface area (Å²) in [5, 5.41) is 18.8. The summed E-state index contributed by atoms with van der Waals surface area (Å²) in [7, 11) is 1.92. The number of hydrogen-bond acceptors (Lipinski definition) is 9. The zero-order valence-corrected chi connectivity index (χ0v) is 19.9. The SMILES string of the molecule is CN1C=C(c2nc3nccc(-c4cccc(NC(=O)c5noc(C(C)(C)C)n5)c4CO)c3[nH]2)CN1. The van der Waals surface area contributed by atoms with Crippen LogP contribution in [0.2, 0.25) is 0 Å². The van der Waals surface area contributed by atoms with Gasteiger partial charge >= 0.3 is 0 Å². The van der Waals surface area contributed by atoms with E-state index in [1.54, 1.807) is 12.3 Å². The van der Waals surface area contributed by atoms with Crippen LogP contribution in [0.3, 0.4) is 0 Å². The van der Waals surface area contributed by atoms with Crippen molar-refractivity contribution in [2.24, 2.45) is 0 Å². The van der Waals surface area contributed by atoms with Crippen LogP contribution in [0.1, 0.15) is 48.7 Å². The number of hydrazine groups is 1. The van der Waals surface area contributed by atoms with Crippen molar-refractivity contribution in [2.75, 3.05) is 18.9 Å². The molecule has 11 nitrogen and oxygen atoms in total. The van der Waals surface area contributed by atoms with E-state index < -0.39 is 5.91 Å². The number of aromatic nitrogens is 5. The summed E-state index contributed by atoms with van der Waals surface area (Å²) in [5.41, 5.74) is 7.68. The van der Waals surface area contributed by atoms with Crippen molar-refractivity contribution < 1.29 is 14.4 Å². The molecule has 1 amide bonds. The number of carbonyl (C=O) groups excluding carboxylic acids is 1. The standard InChI is InChI=1S/C24H26N8O3/c1-24(2,3)23-30-21(31-35-23)22(34)27-17-7-5-6-14(16(17)12-33)15-8-9-25-20-18(15)28-19(29-20)13-10-26-32(4)11-13/h5-9,11,26,33H,10,12H2,1-4H3,(H,27,34)(H,25,28,29). The molecule has 0 atom stereocenters. The molecule has 1 aliphatic rings. The summed E-state index contributed by atoms with van der Waals surface area (Å²) in [4.78, 5) is 29.5. The van der Waals surface area contributed by atoms with Crippen LogP contribution in [-0.4, -0.2) is 54.7 Å². The van der Waals surface area contributed by atoms with Crippen LogP contribution < -0.4 is 10.7 Å². The predicted octanol–water partition coefficient (Wildman–Crippen LogP) is 2.84. The number of imidazole rings is 1. The fraction of sp³-hybridized carbons (Fsp3) is 0.292. The number of pyridine rings is 1. The van der Waals surface area contributed by atoms with Gasteiger partial charge in [0.2, 0.25) is 5.89 Å². The number of anilines is 1. The van der Waals surface area contributed by atoms with Crippen LogP contribution >= 0.6 is 0 Å². The second kappa shape index (κ2) is 8.60. The number of carbonyl (C=O) groups is 1. The molecule has 35 heavy (non-hydrogen) atoms. The number of nitrogens with one attached hydrogen (secondary N) is 3. The number of H-pyrrole nitrogens is 1. The monoisotopic (exact) mass is 474 g/mol. The average molecular weight is 475 g/mol. The molecule has 1 aliphatic heterocycles. The molecule has 0 saturated carbocycles. The van der Waals surface area contributed by atoms with Crippen LogP contribution in [0.15, 0.2) is 41.2 Å². The minimum atomic E-state index is -0.524. The van der Waals surface area contributed by atoms with E-state index in [4.69, 9.17) is 4.52 Å². The molecule has 0 fully saturated rings. The van der Waals surface area contributed by atoms with E-state index in [2.05, 4.69) is 35.8 Å². The number of benzene rings is 1. The highest BCUT2D eigenvalue weighted by Crippen LogP contribution is 2.34. The number of aromatic amines is 1. The summed E-state index contributed by atoms with van der Waals surface area (Å²) in [6.07, 6.45) is 3.64. The van der Waals surface area contributed by atoms with Crippen LogP contribution in [0.4, 0.5) is 5.69 Å². The Balaban J connectivity index is 1.51. The smallest absolute Gasteiger partial charge is 0.297 e. The maximum absolute atomic E-state index is 12.8. The first-order valence-corrected chi connectivity index (χ1v) is 11.2. The first-order valence-electron chi connectivity index (χ1n) is 11.2.